The van der Waals surface area contributed by atoms with E-state index in [4.69, 9.17) is 9.47 Å². The van der Waals surface area contributed by atoms with E-state index in [1.165, 1.54) is 16.7 Å². The number of alkyl carbamates (subject to hydrolysis) is 1. The van der Waals surface area contributed by atoms with Crippen LogP contribution in [0.3, 0.4) is 0 Å². The van der Waals surface area contributed by atoms with Crippen LogP contribution in [0.25, 0.3) is 5.57 Å². The molecule has 27 heavy (non-hydrogen) atoms. The van der Waals surface area contributed by atoms with Crippen LogP contribution in [-0.2, 0) is 9.47 Å². The van der Waals surface area contributed by atoms with Gasteiger partial charge in [-0.2, -0.15) is 0 Å². The van der Waals surface area contributed by atoms with Gasteiger partial charge in [0.05, 0.1) is 19.3 Å². The molecular weight excluding hydrogens is 338 g/mol. The second-order valence-corrected chi connectivity index (χ2v) is 8.85. The van der Waals surface area contributed by atoms with Crippen LogP contribution < -0.4 is 5.32 Å². The van der Waals surface area contributed by atoms with Crippen LogP contribution in [0.2, 0.25) is 0 Å². The van der Waals surface area contributed by atoms with E-state index in [-0.39, 0.29) is 18.1 Å². The summed E-state index contributed by atoms with van der Waals surface area (Å²) in [7, 11) is 0. The van der Waals surface area contributed by atoms with Crippen LogP contribution in [0, 0.1) is 18.8 Å². The fraction of sp³-hybridized carbons (Fsp3) is 0.609. The Hall–Kier alpha value is -1.81. The molecular formula is C23H35NO3. The summed E-state index contributed by atoms with van der Waals surface area (Å²) in [5.74, 6) is 0.699. The fourth-order valence-electron chi connectivity index (χ4n) is 3.28. The summed E-state index contributed by atoms with van der Waals surface area (Å²) in [5.41, 5.74) is 4.35. The van der Waals surface area contributed by atoms with Gasteiger partial charge in [0.25, 0.3) is 0 Å². The van der Waals surface area contributed by atoms with Crippen LogP contribution in [0.5, 0.6) is 0 Å². The largest absolute Gasteiger partial charge is 0.444 e. The van der Waals surface area contributed by atoms with Gasteiger partial charge in [0.15, 0.2) is 0 Å². The summed E-state index contributed by atoms with van der Waals surface area (Å²) in [6, 6.07) is 6.45. The third-order valence-electron chi connectivity index (χ3n) is 5.20. The first-order chi connectivity index (χ1) is 12.6. The van der Waals surface area contributed by atoms with Crippen molar-refractivity contribution in [3.8, 4) is 0 Å². The van der Waals surface area contributed by atoms with E-state index < -0.39 is 5.60 Å². The molecule has 1 N–H and O–H groups in total. The smallest absolute Gasteiger partial charge is 0.408 e. The molecule has 1 unspecified atom stereocenters. The quantitative estimate of drug-likeness (QED) is 0.725. The van der Waals surface area contributed by atoms with Crippen molar-refractivity contribution in [1.82, 2.24) is 5.32 Å². The number of amides is 1. The van der Waals surface area contributed by atoms with Crippen molar-refractivity contribution < 1.29 is 14.3 Å². The molecule has 0 aromatic heterocycles. The highest BCUT2D eigenvalue weighted by Gasteiger charge is 2.28. The number of carbonyl (C=O) groups is 1. The molecule has 1 amide bonds. The van der Waals surface area contributed by atoms with Gasteiger partial charge in [-0.15, -0.1) is 0 Å². The minimum Gasteiger partial charge on any atom is -0.444 e. The Morgan fingerprint density at radius 1 is 1.22 bits per heavy atom. The lowest BCUT2D eigenvalue weighted by Crippen LogP contribution is -2.38. The molecule has 2 rings (SSSR count). The van der Waals surface area contributed by atoms with E-state index >= 15 is 0 Å². The molecule has 4 heteroatoms. The minimum atomic E-state index is -0.514. The molecule has 0 radical (unpaired) electrons. The van der Waals surface area contributed by atoms with E-state index in [1.807, 2.05) is 20.8 Å². The lowest BCUT2D eigenvalue weighted by atomic mass is 9.83. The molecule has 1 aliphatic heterocycles. The number of nitrogens with one attached hydrogen (secondary N) is 1. The molecule has 150 valence electrons. The Morgan fingerprint density at radius 2 is 1.93 bits per heavy atom. The molecule has 2 atom stereocenters. The van der Waals surface area contributed by atoms with E-state index in [0.29, 0.717) is 12.5 Å². The van der Waals surface area contributed by atoms with E-state index in [2.05, 4.69) is 57.3 Å². The van der Waals surface area contributed by atoms with Gasteiger partial charge in [0, 0.05) is 0 Å². The fourth-order valence-corrected chi connectivity index (χ4v) is 3.28. The maximum Gasteiger partial charge on any atom is 0.408 e. The Bertz CT molecular complexity index is 685. The number of aryl methyl sites for hydroxylation is 1. The number of rotatable bonds is 5. The molecule has 1 heterocycles. The first-order valence-corrected chi connectivity index (χ1v) is 9.95. The topological polar surface area (TPSA) is 47.6 Å². The second-order valence-electron chi connectivity index (χ2n) is 8.85. The molecule has 1 aromatic rings. The summed E-state index contributed by atoms with van der Waals surface area (Å²) in [5, 5.41) is 3.14. The van der Waals surface area contributed by atoms with Gasteiger partial charge in [-0.3, -0.25) is 0 Å². The van der Waals surface area contributed by atoms with Crippen molar-refractivity contribution in [2.24, 2.45) is 11.8 Å². The van der Waals surface area contributed by atoms with Crippen LogP contribution in [0.1, 0.15) is 70.7 Å². The molecule has 0 bridgehead atoms. The van der Waals surface area contributed by atoms with Crippen molar-refractivity contribution >= 4 is 11.7 Å². The number of hydrogen-bond acceptors (Lipinski definition) is 3. The zero-order valence-electron chi connectivity index (χ0n) is 17.9. The van der Waals surface area contributed by atoms with E-state index in [0.717, 1.165) is 18.6 Å². The van der Waals surface area contributed by atoms with Crippen molar-refractivity contribution in [3.63, 3.8) is 0 Å². The van der Waals surface area contributed by atoms with Crippen LogP contribution >= 0.6 is 0 Å². The Labute approximate surface area is 164 Å². The van der Waals surface area contributed by atoms with Gasteiger partial charge >= 0.3 is 6.09 Å². The third-order valence-corrected chi connectivity index (χ3v) is 5.20. The van der Waals surface area contributed by atoms with E-state index in [9.17, 15) is 4.79 Å². The molecule has 0 aliphatic carbocycles. The molecule has 0 saturated heterocycles. The zero-order chi connectivity index (χ0) is 20.2. The summed E-state index contributed by atoms with van der Waals surface area (Å²) >= 11 is 0. The maximum absolute atomic E-state index is 12.5. The van der Waals surface area contributed by atoms with Crippen LogP contribution in [-0.4, -0.2) is 24.9 Å². The molecule has 4 nitrogen and oxygen atoms in total. The highest BCUT2D eigenvalue weighted by atomic mass is 16.6. The monoisotopic (exact) mass is 373 g/mol. The van der Waals surface area contributed by atoms with Crippen LogP contribution in [0.15, 0.2) is 24.3 Å². The number of ether oxygens (including phenoxy) is 2. The summed E-state index contributed by atoms with van der Waals surface area (Å²) < 4.78 is 11.0. The van der Waals surface area contributed by atoms with E-state index in [1.54, 1.807) is 0 Å². The predicted molar refractivity (Wildman–Crippen MR) is 111 cm³/mol. The van der Waals surface area contributed by atoms with Gasteiger partial charge < -0.3 is 14.8 Å². The molecule has 1 aromatic carbocycles. The summed E-state index contributed by atoms with van der Waals surface area (Å²) in [4.78, 5) is 12.5. The average Bonchev–Trinajstić information content (AvgIpc) is 2.59. The van der Waals surface area contributed by atoms with Gasteiger partial charge in [0.2, 0.25) is 0 Å². The molecule has 0 fully saturated rings. The minimum absolute atomic E-state index is 0.0970. The van der Waals surface area contributed by atoms with Crippen molar-refractivity contribution in [1.29, 1.82) is 0 Å². The Balaban J connectivity index is 2.36. The average molecular weight is 374 g/mol. The van der Waals surface area contributed by atoms with Gasteiger partial charge in [0.1, 0.15) is 5.60 Å². The summed E-state index contributed by atoms with van der Waals surface area (Å²) in [6.45, 7) is 15.8. The van der Waals surface area contributed by atoms with Crippen molar-refractivity contribution in [3.05, 3.63) is 41.0 Å². The highest BCUT2D eigenvalue weighted by molar-refractivity contribution is 5.70. The normalized spacial score (nSPS) is 17.3. The maximum atomic E-state index is 12.5. The lowest BCUT2D eigenvalue weighted by Gasteiger charge is -2.31. The lowest BCUT2D eigenvalue weighted by molar-refractivity contribution is 0.0478. The van der Waals surface area contributed by atoms with Gasteiger partial charge in [-0.25, -0.2) is 4.79 Å². The molecule has 0 saturated carbocycles. The Morgan fingerprint density at radius 3 is 2.48 bits per heavy atom. The molecule has 1 aliphatic rings. The number of carbonyl (C=O) groups excluding carboxylic acids is 1. The number of hydrogen-bond donors (Lipinski definition) is 1. The second kappa shape index (κ2) is 8.92. The molecule has 0 spiro atoms. The SMILES string of the molecule is Cc1ccc(C2=CCOCC2)cc1C(NC(=O)OC(C)(C)C)[C@@H](C)C(C)C. The Kier molecular flexibility index (Phi) is 7.10. The first kappa shape index (κ1) is 21.5. The van der Waals surface area contributed by atoms with Crippen LogP contribution in [0.4, 0.5) is 4.79 Å². The predicted octanol–water partition coefficient (Wildman–Crippen LogP) is 5.66. The van der Waals surface area contributed by atoms with Gasteiger partial charge in [-0.1, -0.05) is 39.0 Å². The standard InChI is InChI=1S/C23H35NO3/c1-15(2)17(4)21(24-22(25)27-23(5,6)7)20-14-19(9-8-16(20)3)18-10-12-26-13-11-18/h8-10,14-15,17,21H,11-13H2,1-7H3,(H,24,25)/t17-,21?/m0/s1. The highest BCUT2D eigenvalue weighted by Crippen LogP contribution is 2.33. The zero-order valence-corrected chi connectivity index (χ0v) is 17.9. The van der Waals surface area contributed by atoms with Crippen molar-refractivity contribution in [2.45, 2.75) is 66.5 Å². The van der Waals surface area contributed by atoms with Gasteiger partial charge in [-0.05, 0) is 74.3 Å². The van der Waals surface area contributed by atoms with Crippen molar-refractivity contribution in [2.75, 3.05) is 13.2 Å². The third kappa shape index (κ3) is 6.10. The number of benzene rings is 1. The summed E-state index contributed by atoms with van der Waals surface area (Å²) in [6.07, 6.45) is 2.71. The first-order valence-electron chi connectivity index (χ1n) is 9.95.